The van der Waals surface area contributed by atoms with Gasteiger partial charge in [-0.2, -0.15) is 5.10 Å². The van der Waals surface area contributed by atoms with Gasteiger partial charge in [-0.3, -0.25) is 9.59 Å². The molecule has 2 amide bonds. The molecule has 9 heteroatoms. The highest BCUT2D eigenvalue weighted by molar-refractivity contribution is 7.18. The Bertz CT molecular complexity index is 1360. The number of para-hydroxylation sites is 1. The Morgan fingerprint density at radius 1 is 1.06 bits per heavy atom. The van der Waals surface area contributed by atoms with Crippen LogP contribution in [0.2, 0.25) is 0 Å². The third-order valence-corrected chi connectivity index (χ3v) is 6.33. The number of aromatic nitrogens is 2. The standard InChI is InChI=1S/C25H22N4O4S/c1-3-33-25(32)19-15(2)21(22(26)30)34-24(19)27-23(31)18-14-29(17-12-8-5-9-13-17)28-20(18)16-10-6-4-7-11-16/h4-14H,3H2,1-2H3,(H2,26,30)(H,27,31). The summed E-state index contributed by atoms with van der Waals surface area (Å²) >= 11 is 0.942. The number of nitrogens with two attached hydrogens (primary N) is 1. The highest BCUT2D eigenvalue weighted by Gasteiger charge is 2.27. The summed E-state index contributed by atoms with van der Waals surface area (Å²) in [5.41, 5.74) is 8.28. The molecular formula is C25H22N4O4S. The summed E-state index contributed by atoms with van der Waals surface area (Å²) in [4.78, 5) is 38.1. The molecule has 0 aliphatic rings. The summed E-state index contributed by atoms with van der Waals surface area (Å²) in [6.07, 6.45) is 1.63. The number of amides is 2. The molecule has 2 aromatic heterocycles. The van der Waals surface area contributed by atoms with Gasteiger partial charge < -0.3 is 15.8 Å². The molecule has 0 saturated heterocycles. The van der Waals surface area contributed by atoms with Crippen molar-refractivity contribution in [3.8, 4) is 16.9 Å². The van der Waals surface area contributed by atoms with Crippen LogP contribution in [0.1, 0.15) is 42.9 Å². The minimum atomic E-state index is -0.685. The molecule has 4 rings (SSSR count). The second kappa shape index (κ2) is 9.72. The van der Waals surface area contributed by atoms with Crippen LogP contribution in [0.5, 0.6) is 0 Å². The molecule has 4 aromatic rings. The second-order valence-electron chi connectivity index (χ2n) is 7.34. The van der Waals surface area contributed by atoms with Crippen molar-refractivity contribution in [3.63, 3.8) is 0 Å². The van der Waals surface area contributed by atoms with Crippen molar-refractivity contribution < 1.29 is 19.1 Å². The van der Waals surface area contributed by atoms with Crippen LogP contribution in [0.3, 0.4) is 0 Å². The van der Waals surface area contributed by atoms with Gasteiger partial charge in [-0.25, -0.2) is 9.48 Å². The fourth-order valence-electron chi connectivity index (χ4n) is 3.52. The van der Waals surface area contributed by atoms with E-state index in [1.807, 2.05) is 60.7 Å². The van der Waals surface area contributed by atoms with Crippen molar-refractivity contribution in [1.29, 1.82) is 0 Å². The van der Waals surface area contributed by atoms with E-state index in [0.717, 1.165) is 22.6 Å². The zero-order chi connectivity index (χ0) is 24.2. The number of benzene rings is 2. The van der Waals surface area contributed by atoms with Crippen LogP contribution in [-0.4, -0.2) is 34.2 Å². The monoisotopic (exact) mass is 474 g/mol. The van der Waals surface area contributed by atoms with Gasteiger partial charge in [-0.15, -0.1) is 11.3 Å². The predicted molar refractivity (Wildman–Crippen MR) is 130 cm³/mol. The Morgan fingerprint density at radius 3 is 2.32 bits per heavy atom. The lowest BCUT2D eigenvalue weighted by atomic mass is 10.1. The molecule has 34 heavy (non-hydrogen) atoms. The number of hydrogen-bond donors (Lipinski definition) is 2. The van der Waals surface area contributed by atoms with E-state index in [0.29, 0.717) is 16.8 Å². The quantitative estimate of drug-likeness (QED) is 0.384. The van der Waals surface area contributed by atoms with Crippen LogP contribution in [0, 0.1) is 6.92 Å². The summed E-state index contributed by atoms with van der Waals surface area (Å²) in [5, 5.41) is 7.62. The van der Waals surface area contributed by atoms with Gasteiger partial charge >= 0.3 is 5.97 Å². The molecule has 0 radical (unpaired) electrons. The first-order valence-corrected chi connectivity index (χ1v) is 11.3. The van der Waals surface area contributed by atoms with Crippen LogP contribution in [0.25, 0.3) is 16.9 Å². The van der Waals surface area contributed by atoms with Crippen molar-refractivity contribution >= 4 is 34.1 Å². The largest absolute Gasteiger partial charge is 0.462 e. The van der Waals surface area contributed by atoms with Crippen LogP contribution in [-0.2, 0) is 4.74 Å². The molecule has 0 atom stereocenters. The molecule has 2 aromatic carbocycles. The molecule has 0 aliphatic carbocycles. The van der Waals surface area contributed by atoms with E-state index >= 15 is 0 Å². The van der Waals surface area contributed by atoms with Gasteiger partial charge in [0, 0.05) is 11.8 Å². The second-order valence-corrected chi connectivity index (χ2v) is 8.36. The fraction of sp³-hybridized carbons (Fsp3) is 0.120. The number of carbonyl (C=O) groups excluding carboxylic acids is 3. The maximum absolute atomic E-state index is 13.4. The first-order chi connectivity index (χ1) is 16.4. The highest BCUT2D eigenvalue weighted by Crippen LogP contribution is 2.34. The molecular weight excluding hydrogens is 452 g/mol. The molecule has 2 heterocycles. The Kier molecular flexibility index (Phi) is 6.55. The number of hydrogen-bond acceptors (Lipinski definition) is 6. The Morgan fingerprint density at radius 2 is 1.71 bits per heavy atom. The number of anilines is 1. The molecule has 0 fully saturated rings. The Labute approximate surface area is 200 Å². The summed E-state index contributed by atoms with van der Waals surface area (Å²) < 4.78 is 6.76. The zero-order valence-corrected chi connectivity index (χ0v) is 19.4. The minimum absolute atomic E-state index is 0.116. The van der Waals surface area contributed by atoms with Crippen LogP contribution in [0.15, 0.2) is 66.9 Å². The molecule has 0 bridgehead atoms. The fourth-order valence-corrected chi connectivity index (χ4v) is 4.56. The average Bonchev–Trinajstić information content (AvgIpc) is 3.42. The van der Waals surface area contributed by atoms with E-state index in [-0.39, 0.29) is 22.0 Å². The molecule has 0 aliphatic heterocycles. The van der Waals surface area contributed by atoms with Gasteiger partial charge in [0.05, 0.1) is 28.3 Å². The molecule has 0 unspecified atom stereocenters. The van der Waals surface area contributed by atoms with Crippen LogP contribution >= 0.6 is 11.3 Å². The summed E-state index contributed by atoms with van der Waals surface area (Å²) in [7, 11) is 0. The summed E-state index contributed by atoms with van der Waals surface area (Å²) in [5.74, 6) is -1.80. The smallest absolute Gasteiger partial charge is 0.341 e. The van der Waals surface area contributed by atoms with E-state index in [2.05, 4.69) is 10.4 Å². The topological polar surface area (TPSA) is 116 Å². The van der Waals surface area contributed by atoms with Crippen LogP contribution < -0.4 is 11.1 Å². The van der Waals surface area contributed by atoms with Crippen molar-refractivity contribution in [2.24, 2.45) is 5.73 Å². The number of rotatable bonds is 7. The Balaban J connectivity index is 1.78. The summed E-state index contributed by atoms with van der Waals surface area (Å²) in [6.45, 7) is 3.42. The van der Waals surface area contributed by atoms with E-state index in [4.69, 9.17) is 10.5 Å². The van der Waals surface area contributed by atoms with Crippen molar-refractivity contribution in [1.82, 2.24) is 9.78 Å². The number of primary amides is 1. The normalized spacial score (nSPS) is 10.6. The maximum Gasteiger partial charge on any atom is 0.341 e. The SMILES string of the molecule is CCOC(=O)c1c(NC(=O)c2cn(-c3ccccc3)nc2-c2ccccc2)sc(C(N)=O)c1C. The van der Waals surface area contributed by atoms with Crippen LogP contribution in [0.4, 0.5) is 5.00 Å². The molecule has 0 saturated carbocycles. The van der Waals surface area contributed by atoms with Gasteiger partial charge in [0.15, 0.2) is 0 Å². The van der Waals surface area contributed by atoms with E-state index in [1.54, 1.807) is 24.7 Å². The first-order valence-electron chi connectivity index (χ1n) is 10.5. The lowest BCUT2D eigenvalue weighted by Gasteiger charge is -2.07. The summed E-state index contributed by atoms with van der Waals surface area (Å²) in [6, 6.07) is 18.7. The van der Waals surface area contributed by atoms with Gasteiger partial charge in [0.25, 0.3) is 11.8 Å². The number of nitrogens with zero attached hydrogens (tertiary/aromatic N) is 2. The van der Waals surface area contributed by atoms with Gasteiger partial charge in [0.2, 0.25) is 0 Å². The average molecular weight is 475 g/mol. The van der Waals surface area contributed by atoms with Gasteiger partial charge in [-0.1, -0.05) is 48.5 Å². The highest BCUT2D eigenvalue weighted by atomic mass is 32.1. The number of ether oxygens (including phenoxy) is 1. The number of nitrogens with one attached hydrogen (secondary N) is 1. The number of esters is 1. The lowest BCUT2D eigenvalue weighted by molar-refractivity contribution is 0.0527. The van der Waals surface area contributed by atoms with Crippen molar-refractivity contribution in [2.45, 2.75) is 13.8 Å². The van der Waals surface area contributed by atoms with E-state index in [9.17, 15) is 14.4 Å². The maximum atomic E-state index is 13.4. The lowest BCUT2D eigenvalue weighted by Crippen LogP contribution is -2.15. The molecule has 8 nitrogen and oxygen atoms in total. The van der Waals surface area contributed by atoms with Crippen molar-refractivity contribution in [3.05, 3.63) is 88.4 Å². The van der Waals surface area contributed by atoms with E-state index < -0.39 is 17.8 Å². The van der Waals surface area contributed by atoms with E-state index in [1.165, 1.54) is 0 Å². The molecule has 172 valence electrons. The third-order valence-electron chi connectivity index (χ3n) is 5.10. The van der Waals surface area contributed by atoms with Gasteiger partial charge in [0.1, 0.15) is 10.7 Å². The molecule has 0 spiro atoms. The third kappa shape index (κ3) is 4.46. The Hall–Kier alpha value is -4.24. The molecule has 3 N–H and O–H groups in total. The number of carbonyl (C=O) groups is 3. The minimum Gasteiger partial charge on any atom is -0.462 e. The zero-order valence-electron chi connectivity index (χ0n) is 18.6. The number of thiophene rings is 1. The first kappa shape index (κ1) is 22.9. The van der Waals surface area contributed by atoms with Crippen molar-refractivity contribution in [2.75, 3.05) is 11.9 Å². The van der Waals surface area contributed by atoms with Gasteiger partial charge in [-0.05, 0) is 31.5 Å². The predicted octanol–water partition coefficient (Wildman–Crippen LogP) is 4.44.